The second-order valence-electron chi connectivity index (χ2n) is 7.33. The summed E-state index contributed by atoms with van der Waals surface area (Å²) in [5, 5.41) is 13.5. The summed E-state index contributed by atoms with van der Waals surface area (Å²) >= 11 is 0. The fourth-order valence-corrected chi connectivity index (χ4v) is 3.40. The van der Waals surface area contributed by atoms with Crippen LogP contribution in [0.3, 0.4) is 0 Å². The molecule has 1 saturated heterocycles. The Morgan fingerprint density at radius 1 is 1.16 bits per heavy atom. The largest absolute Gasteiger partial charge is 0.480 e. The number of primary amides is 1. The van der Waals surface area contributed by atoms with Gasteiger partial charge in [0.25, 0.3) is 0 Å². The molecule has 4 amide bonds. The third-order valence-electron chi connectivity index (χ3n) is 4.92. The van der Waals surface area contributed by atoms with Crippen LogP contribution in [0.1, 0.15) is 24.8 Å². The minimum absolute atomic E-state index is 0.337. The number of carbonyl (C=O) groups is 5. The van der Waals surface area contributed by atoms with E-state index in [0.29, 0.717) is 25.8 Å². The molecule has 2 rings (SSSR count). The van der Waals surface area contributed by atoms with Crippen LogP contribution in [0.2, 0.25) is 0 Å². The molecule has 1 fully saturated rings. The second kappa shape index (κ2) is 11.1. The normalized spacial score (nSPS) is 17.5. The minimum Gasteiger partial charge on any atom is -0.480 e. The Kier molecular flexibility index (Phi) is 8.50. The molecule has 0 aromatic heterocycles. The highest BCUT2D eigenvalue weighted by Crippen LogP contribution is 2.19. The molecular formula is C20H27N5O6. The van der Waals surface area contributed by atoms with Gasteiger partial charge in [-0.05, 0) is 24.8 Å². The van der Waals surface area contributed by atoms with Crippen molar-refractivity contribution < 1.29 is 29.1 Å². The molecule has 1 heterocycles. The van der Waals surface area contributed by atoms with Crippen molar-refractivity contribution in [3.05, 3.63) is 35.9 Å². The first kappa shape index (κ1) is 23.8. The number of amides is 4. The molecule has 1 aliphatic rings. The summed E-state index contributed by atoms with van der Waals surface area (Å²) in [6.07, 6.45) is 0.813. The molecule has 0 bridgehead atoms. The quantitative estimate of drug-likeness (QED) is 0.285. The number of carboxylic acid groups (broad SMARTS) is 1. The van der Waals surface area contributed by atoms with Crippen molar-refractivity contribution in [2.24, 2.45) is 11.5 Å². The van der Waals surface area contributed by atoms with Crippen LogP contribution in [0.15, 0.2) is 30.3 Å². The van der Waals surface area contributed by atoms with Gasteiger partial charge in [-0.2, -0.15) is 0 Å². The zero-order valence-electron chi connectivity index (χ0n) is 17.0. The van der Waals surface area contributed by atoms with Crippen molar-refractivity contribution >= 4 is 29.6 Å². The lowest BCUT2D eigenvalue weighted by Crippen LogP contribution is -2.53. The molecule has 3 atom stereocenters. The number of rotatable bonds is 10. The number of carboxylic acids is 1. The molecule has 31 heavy (non-hydrogen) atoms. The summed E-state index contributed by atoms with van der Waals surface area (Å²) in [5.41, 5.74) is 11.9. The number of hydrogen-bond acceptors (Lipinski definition) is 6. The summed E-state index contributed by atoms with van der Waals surface area (Å²) in [5.74, 6) is -3.98. The van der Waals surface area contributed by atoms with Gasteiger partial charge in [-0.25, -0.2) is 4.79 Å². The van der Waals surface area contributed by atoms with Gasteiger partial charge in [-0.15, -0.1) is 0 Å². The maximum absolute atomic E-state index is 12.8. The molecule has 0 spiro atoms. The maximum Gasteiger partial charge on any atom is 0.326 e. The first-order valence-electron chi connectivity index (χ1n) is 9.87. The maximum atomic E-state index is 12.8. The van der Waals surface area contributed by atoms with Crippen LogP contribution < -0.4 is 22.1 Å². The van der Waals surface area contributed by atoms with Gasteiger partial charge >= 0.3 is 5.97 Å². The Labute approximate surface area is 179 Å². The summed E-state index contributed by atoms with van der Waals surface area (Å²) in [4.78, 5) is 60.6. The molecule has 0 saturated carbocycles. The Morgan fingerprint density at radius 3 is 2.45 bits per heavy atom. The van der Waals surface area contributed by atoms with Gasteiger partial charge in [0.05, 0.1) is 19.0 Å². The summed E-state index contributed by atoms with van der Waals surface area (Å²) < 4.78 is 0. The van der Waals surface area contributed by atoms with E-state index in [9.17, 15) is 24.0 Å². The standard InChI is InChI=1S/C20H27N5O6/c21-13(9-12-5-2-1-3-6-12)19(29)25-8-4-7-15(25)18(28)23-11-17(27)24-14(20(30)31)10-16(22)26/h1-3,5-6,13-15H,4,7-11,21H2,(H2,22,26)(H,23,28)(H,24,27)(H,30,31). The third-order valence-corrected chi connectivity index (χ3v) is 4.92. The van der Waals surface area contributed by atoms with Crippen LogP contribution in [0.5, 0.6) is 0 Å². The zero-order valence-corrected chi connectivity index (χ0v) is 17.0. The topological polar surface area (TPSA) is 185 Å². The minimum atomic E-state index is -1.48. The zero-order chi connectivity index (χ0) is 23.0. The predicted molar refractivity (Wildman–Crippen MR) is 109 cm³/mol. The smallest absolute Gasteiger partial charge is 0.326 e. The van der Waals surface area contributed by atoms with Crippen molar-refractivity contribution in [1.29, 1.82) is 0 Å². The molecule has 3 unspecified atom stereocenters. The lowest BCUT2D eigenvalue weighted by Gasteiger charge is -2.26. The van der Waals surface area contributed by atoms with Gasteiger partial charge in [0, 0.05) is 6.54 Å². The van der Waals surface area contributed by atoms with E-state index in [2.05, 4.69) is 10.6 Å². The van der Waals surface area contributed by atoms with E-state index in [-0.39, 0.29) is 5.91 Å². The number of benzene rings is 1. The van der Waals surface area contributed by atoms with Gasteiger partial charge in [-0.3, -0.25) is 19.2 Å². The Morgan fingerprint density at radius 2 is 1.84 bits per heavy atom. The van der Waals surface area contributed by atoms with Crippen molar-refractivity contribution in [2.45, 2.75) is 43.8 Å². The number of nitrogens with zero attached hydrogens (tertiary/aromatic N) is 1. The summed E-state index contributed by atoms with van der Waals surface area (Å²) in [6.45, 7) is -0.124. The highest BCUT2D eigenvalue weighted by Gasteiger charge is 2.36. The summed E-state index contributed by atoms with van der Waals surface area (Å²) in [7, 11) is 0. The van der Waals surface area contributed by atoms with Gasteiger partial charge in [0.1, 0.15) is 12.1 Å². The Hall–Kier alpha value is -3.47. The number of hydrogen-bond donors (Lipinski definition) is 5. The summed E-state index contributed by atoms with van der Waals surface area (Å²) in [6, 6.07) is 6.24. The van der Waals surface area contributed by atoms with Gasteiger partial charge in [-0.1, -0.05) is 30.3 Å². The number of aliphatic carboxylic acids is 1. The number of nitrogens with one attached hydrogen (secondary N) is 2. The second-order valence-corrected chi connectivity index (χ2v) is 7.33. The molecular weight excluding hydrogens is 406 g/mol. The van der Waals surface area contributed by atoms with Gasteiger partial charge < -0.3 is 32.1 Å². The van der Waals surface area contributed by atoms with Crippen molar-refractivity contribution in [1.82, 2.24) is 15.5 Å². The van der Waals surface area contributed by atoms with E-state index in [1.165, 1.54) is 4.90 Å². The average molecular weight is 433 g/mol. The van der Waals surface area contributed by atoms with E-state index in [4.69, 9.17) is 16.6 Å². The van der Waals surface area contributed by atoms with Crippen molar-refractivity contribution in [2.75, 3.05) is 13.1 Å². The van der Waals surface area contributed by atoms with Crippen LogP contribution >= 0.6 is 0 Å². The number of nitrogens with two attached hydrogens (primary N) is 2. The highest BCUT2D eigenvalue weighted by atomic mass is 16.4. The first-order chi connectivity index (χ1) is 14.7. The lowest BCUT2D eigenvalue weighted by molar-refractivity contribution is -0.143. The van der Waals surface area contributed by atoms with Crippen LogP contribution in [0.25, 0.3) is 0 Å². The Bertz CT molecular complexity index is 831. The molecule has 0 radical (unpaired) electrons. The molecule has 11 nitrogen and oxygen atoms in total. The fraction of sp³-hybridized carbons (Fsp3) is 0.450. The van der Waals surface area contributed by atoms with E-state index < -0.39 is 54.8 Å². The first-order valence-corrected chi connectivity index (χ1v) is 9.87. The Balaban J connectivity index is 1.89. The van der Waals surface area contributed by atoms with Gasteiger partial charge in [0.2, 0.25) is 23.6 Å². The number of carbonyl (C=O) groups excluding carboxylic acids is 4. The van der Waals surface area contributed by atoms with Crippen LogP contribution in [-0.2, 0) is 30.4 Å². The van der Waals surface area contributed by atoms with E-state index in [1.54, 1.807) is 0 Å². The van der Waals surface area contributed by atoms with Crippen LogP contribution in [0, 0.1) is 0 Å². The SMILES string of the molecule is NC(=O)CC(NC(=O)CNC(=O)C1CCCN1C(=O)C(N)Cc1ccccc1)C(=O)O. The van der Waals surface area contributed by atoms with E-state index in [0.717, 1.165) is 5.56 Å². The van der Waals surface area contributed by atoms with Crippen molar-refractivity contribution in [3.63, 3.8) is 0 Å². The van der Waals surface area contributed by atoms with E-state index >= 15 is 0 Å². The number of likely N-dealkylation sites (tertiary alicyclic amines) is 1. The monoisotopic (exact) mass is 433 g/mol. The van der Waals surface area contributed by atoms with Crippen LogP contribution in [0.4, 0.5) is 0 Å². The van der Waals surface area contributed by atoms with E-state index in [1.807, 2.05) is 30.3 Å². The third kappa shape index (κ3) is 7.07. The molecule has 0 aliphatic carbocycles. The molecule has 7 N–H and O–H groups in total. The molecule has 11 heteroatoms. The van der Waals surface area contributed by atoms with Crippen molar-refractivity contribution in [3.8, 4) is 0 Å². The average Bonchev–Trinajstić information content (AvgIpc) is 3.21. The predicted octanol–water partition coefficient (Wildman–Crippen LogP) is -1.89. The molecule has 1 aromatic rings. The molecule has 1 aliphatic heterocycles. The fourth-order valence-electron chi connectivity index (χ4n) is 3.40. The highest BCUT2D eigenvalue weighted by molar-refractivity contribution is 5.93. The van der Waals surface area contributed by atoms with Crippen LogP contribution in [-0.4, -0.2) is 70.8 Å². The van der Waals surface area contributed by atoms with Gasteiger partial charge in [0.15, 0.2) is 0 Å². The molecule has 1 aromatic carbocycles. The lowest BCUT2D eigenvalue weighted by atomic mass is 10.1. The molecule has 168 valence electrons.